The minimum Gasteiger partial charge on any atom is -0.325 e. The first-order valence-electron chi connectivity index (χ1n) is 7.32. The molecule has 1 atom stereocenters. The zero-order valence-electron chi connectivity index (χ0n) is 11.6. The number of nitrogens with one attached hydrogen (secondary N) is 1. The number of amides is 1. The van der Waals surface area contributed by atoms with Gasteiger partial charge in [-0.15, -0.1) is 0 Å². The SMILES string of the molecule is CCC1(C(Br)c2cc3c(cc2Cl)NC(=O)C3)CCCC1. The Balaban J connectivity index is 1.98. The molecule has 0 saturated heterocycles. The van der Waals surface area contributed by atoms with E-state index in [2.05, 4.69) is 34.2 Å². The summed E-state index contributed by atoms with van der Waals surface area (Å²) in [7, 11) is 0. The molecule has 1 aliphatic carbocycles. The Kier molecular flexibility index (Phi) is 3.85. The van der Waals surface area contributed by atoms with E-state index in [-0.39, 0.29) is 10.7 Å². The maximum atomic E-state index is 11.5. The summed E-state index contributed by atoms with van der Waals surface area (Å²) in [6.07, 6.45) is 6.75. The molecule has 1 saturated carbocycles. The van der Waals surface area contributed by atoms with Crippen LogP contribution < -0.4 is 5.32 Å². The zero-order valence-corrected chi connectivity index (χ0v) is 14.0. The highest BCUT2D eigenvalue weighted by molar-refractivity contribution is 9.09. The van der Waals surface area contributed by atoms with Crippen molar-refractivity contribution in [3.63, 3.8) is 0 Å². The Bertz CT molecular complexity index is 552. The molecule has 1 aromatic carbocycles. The summed E-state index contributed by atoms with van der Waals surface area (Å²) in [4.78, 5) is 11.8. The second-order valence-corrected chi connectivity index (χ2v) is 7.36. The summed E-state index contributed by atoms with van der Waals surface area (Å²) in [6.45, 7) is 2.27. The van der Waals surface area contributed by atoms with E-state index in [0.29, 0.717) is 11.8 Å². The number of halogens is 2. The van der Waals surface area contributed by atoms with Gasteiger partial charge in [0.25, 0.3) is 0 Å². The summed E-state index contributed by atoms with van der Waals surface area (Å²) in [5.74, 6) is 0.0606. The third-order valence-electron chi connectivity index (χ3n) is 4.96. The van der Waals surface area contributed by atoms with Crippen molar-refractivity contribution in [3.05, 3.63) is 28.3 Å². The van der Waals surface area contributed by atoms with Crippen molar-refractivity contribution in [2.45, 2.75) is 50.3 Å². The summed E-state index contributed by atoms with van der Waals surface area (Å²) >= 11 is 10.4. The molecule has 1 N–H and O–H groups in total. The van der Waals surface area contributed by atoms with Crippen molar-refractivity contribution in [3.8, 4) is 0 Å². The standard InChI is InChI=1S/C16H19BrClNO/c1-2-16(5-3-4-6-16)15(17)11-7-10-8-14(20)19-13(10)9-12(11)18/h7,9,15H,2-6,8H2,1H3,(H,19,20). The minimum atomic E-state index is 0.0606. The van der Waals surface area contributed by atoms with Gasteiger partial charge in [0, 0.05) is 15.5 Å². The normalized spacial score (nSPS) is 21.6. The van der Waals surface area contributed by atoms with Crippen LogP contribution in [0.2, 0.25) is 5.02 Å². The van der Waals surface area contributed by atoms with Gasteiger partial charge in [-0.1, -0.05) is 53.4 Å². The molecule has 3 rings (SSSR count). The molecule has 2 aliphatic rings. The molecule has 0 radical (unpaired) electrons. The Morgan fingerprint density at radius 3 is 2.75 bits per heavy atom. The van der Waals surface area contributed by atoms with Crippen molar-refractivity contribution in [2.24, 2.45) is 5.41 Å². The fourth-order valence-corrected chi connectivity index (χ4v) is 5.22. The molecule has 1 amide bonds. The van der Waals surface area contributed by atoms with Crippen LogP contribution in [0, 0.1) is 5.41 Å². The molecule has 20 heavy (non-hydrogen) atoms. The first-order chi connectivity index (χ1) is 9.55. The fraction of sp³-hybridized carbons (Fsp3) is 0.562. The lowest BCUT2D eigenvalue weighted by Gasteiger charge is -2.34. The summed E-state index contributed by atoms with van der Waals surface area (Å²) in [5, 5.41) is 3.62. The first kappa shape index (κ1) is 14.4. The molecule has 4 heteroatoms. The van der Waals surface area contributed by atoms with Crippen LogP contribution in [0.1, 0.15) is 55.0 Å². The Labute approximate surface area is 133 Å². The number of carbonyl (C=O) groups is 1. The number of benzene rings is 1. The highest BCUT2D eigenvalue weighted by Gasteiger charge is 2.40. The lowest BCUT2D eigenvalue weighted by molar-refractivity contribution is -0.115. The van der Waals surface area contributed by atoms with Crippen LogP contribution in [0.15, 0.2) is 12.1 Å². The van der Waals surface area contributed by atoms with Crippen LogP contribution in [0.25, 0.3) is 0 Å². The average molecular weight is 357 g/mol. The predicted molar refractivity (Wildman–Crippen MR) is 86.6 cm³/mol. The van der Waals surface area contributed by atoms with Crippen molar-refractivity contribution in [1.29, 1.82) is 0 Å². The number of hydrogen-bond donors (Lipinski definition) is 1. The Hall–Kier alpha value is -0.540. The molecule has 1 fully saturated rings. The Morgan fingerprint density at radius 1 is 1.40 bits per heavy atom. The van der Waals surface area contributed by atoms with Gasteiger partial charge in [0.05, 0.1) is 6.42 Å². The van der Waals surface area contributed by atoms with Crippen LogP contribution in [-0.2, 0) is 11.2 Å². The van der Waals surface area contributed by atoms with E-state index >= 15 is 0 Å². The number of rotatable bonds is 3. The fourth-order valence-electron chi connectivity index (χ4n) is 3.66. The molecular weight excluding hydrogens is 338 g/mol. The van der Waals surface area contributed by atoms with Crippen molar-refractivity contribution >= 4 is 39.1 Å². The zero-order chi connectivity index (χ0) is 14.3. The molecule has 1 heterocycles. The number of anilines is 1. The van der Waals surface area contributed by atoms with Gasteiger partial charge in [0.15, 0.2) is 0 Å². The van der Waals surface area contributed by atoms with Gasteiger partial charge in [-0.25, -0.2) is 0 Å². The Morgan fingerprint density at radius 2 is 2.10 bits per heavy atom. The molecule has 0 spiro atoms. The van der Waals surface area contributed by atoms with E-state index in [4.69, 9.17) is 11.6 Å². The van der Waals surface area contributed by atoms with E-state index < -0.39 is 0 Å². The topological polar surface area (TPSA) is 29.1 Å². The highest BCUT2D eigenvalue weighted by Crippen LogP contribution is 2.55. The van der Waals surface area contributed by atoms with E-state index in [1.165, 1.54) is 25.7 Å². The quantitative estimate of drug-likeness (QED) is 0.737. The van der Waals surface area contributed by atoms with Gasteiger partial charge in [0.1, 0.15) is 0 Å². The second kappa shape index (κ2) is 5.34. The van der Waals surface area contributed by atoms with Gasteiger partial charge >= 0.3 is 0 Å². The molecule has 1 unspecified atom stereocenters. The molecule has 1 aliphatic heterocycles. The molecule has 108 valence electrons. The average Bonchev–Trinajstić information content (AvgIpc) is 3.03. The molecule has 1 aromatic rings. The van der Waals surface area contributed by atoms with E-state index in [1.807, 2.05) is 6.07 Å². The van der Waals surface area contributed by atoms with E-state index in [9.17, 15) is 4.79 Å². The van der Waals surface area contributed by atoms with Gasteiger partial charge in [-0.3, -0.25) is 4.79 Å². The molecule has 0 bridgehead atoms. The van der Waals surface area contributed by atoms with Crippen LogP contribution in [0.3, 0.4) is 0 Å². The summed E-state index contributed by atoms with van der Waals surface area (Å²) in [6, 6.07) is 4.02. The van der Waals surface area contributed by atoms with Gasteiger partial charge in [0.2, 0.25) is 5.91 Å². The number of fused-ring (bicyclic) bond motifs is 1. The number of alkyl halides is 1. The largest absolute Gasteiger partial charge is 0.325 e. The van der Waals surface area contributed by atoms with Crippen molar-refractivity contribution < 1.29 is 4.79 Å². The van der Waals surface area contributed by atoms with Crippen LogP contribution >= 0.6 is 27.5 Å². The second-order valence-electron chi connectivity index (χ2n) is 6.04. The molecule has 0 aromatic heterocycles. The molecule has 2 nitrogen and oxygen atoms in total. The van der Waals surface area contributed by atoms with Crippen LogP contribution in [0.4, 0.5) is 5.69 Å². The van der Waals surface area contributed by atoms with Crippen LogP contribution in [0.5, 0.6) is 0 Å². The third-order valence-corrected chi connectivity index (χ3v) is 6.75. The third kappa shape index (κ3) is 2.29. The number of hydrogen-bond acceptors (Lipinski definition) is 1. The van der Waals surface area contributed by atoms with Gasteiger partial charge < -0.3 is 5.32 Å². The maximum absolute atomic E-state index is 11.5. The number of carbonyl (C=O) groups excluding carboxylic acids is 1. The lowest BCUT2D eigenvalue weighted by Crippen LogP contribution is -2.21. The first-order valence-corrected chi connectivity index (χ1v) is 8.61. The van der Waals surface area contributed by atoms with Crippen molar-refractivity contribution in [2.75, 3.05) is 5.32 Å². The summed E-state index contributed by atoms with van der Waals surface area (Å²) < 4.78 is 0. The van der Waals surface area contributed by atoms with Gasteiger partial charge in [-0.05, 0) is 41.9 Å². The van der Waals surface area contributed by atoms with Crippen LogP contribution in [-0.4, -0.2) is 5.91 Å². The predicted octanol–water partition coefficient (Wildman–Crippen LogP) is 5.24. The minimum absolute atomic E-state index is 0.0606. The smallest absolute Gasteiger partial charge is 0.228 e. The van der Waals surface area contributed by atoms with E-state index in [1.54, 1.807) is 0 Å². The highest BCUT2D eigenvalue weighted by atomic mass is 79.9. The van der Waals surface area contributed by atoms with E-state index in [0.717, 1.165) is 28.3 Å². The summed E-state index contributed by atoms with van der Waals surface area (Å²) in [5.41, 5.74) is 3.41. The van der Waals surface area contributed by atoms with Crippen molar-refractivity contribution in [1.82, 2.24) is 0 Å². The lowest BCUT2D eigenvalue weighted by atomic mass is 9.77. The van der Waals surface area contributed by atoms with Gasteiger partial charge in [-0.2, -0.15) is 0 Å². The molecular formula is C16H19BrClNO. The maximum Gasteiger partial charge on any atom is 0.228 e. The monoisotopic (exact) mass is 355 g/mol.